The van der Waals surface area contributed by atoms with Gasteiger partial charge in [-0.1, -0.05) is 11.6 Å². The van der Waals surface area contributed by atoms with E-state index in [1.54, 1.807) is 10.7 Å². The van der Waals surface area contributed by atoms with Gasteiger partial charge in [-0.05, 0) is 56.3 Å². The van der Waals surface area contributed by atoms with Crippen LogP contribution in [0.5, 0.6) is 5.75 Å². The van der Waals surface area contributed by atoms with E-state index < -0.39 is 17.6 Å². The lowest BCUT2D eigenvalue weighted by atomic mass is 10.3. The van der Waals surface area contributed by atoms with Crippen molar-refractivity contribution in [2.75, 3.05) is 6.61 Å². The highest BCUT2D eigenvalue weighted by Gasteiger charge is 2.16. The number of benzene rings is 1. The van der Waals surface area contributed by atoms with E-state index in [1.165, 1.54) is 30.3 Å². The molecule has 3 rings (SSSR count). The maximum absolute atomic E-state index is 12.8. The lowest BCUT2D eigenvalue weighted by Gasteiger charge is -2.10. The van der Waals surface area contributed by atoms with E-state index in [1.807, 2.05) is 19.9 Å². The average Bonchev–Trinajstić information content (AvgIpc) is 3.04. The number of hydrazine groups is 1. The first kappa shape index (κ1) is 20.3. The number of hydrogen-bond acceptors (Lipinski definition) is 5. The zero-order chi connectivity index (χ0) is 21.0. The number of amides is 2. The van der Waals surface area contributed by atoms with E-state index >= 15 is 0 Å². The Morgan fingerprint density at radius 2 is 1.86 bits per heavy atom. The molecule has 3 aromatic rings. The summed E-state index contributed by atoms with van der Waals surface area (Å²) in [5.41, 5.74) is 6.01. The van der Waals surface area contributed by atoms with Crippen molar-refractivity contribution in [3.63, 3.8) is 0 Å². The van der Waals surface area contributed by atoms with Crippen LogP contribution in [0.1, 0.15) is 21.9 Å². The molecule has 2 amide bonds. The number of halogens is 2. The monoisotopic (exact) mass is 417 g/mol. The lowest BCUT2D eigenvalue weighted by molar-refractivity contribution is -0.123. The smallest absolute Gasteiger partial charge is 0.289 e. The molecule has 0 unspecified atom stereocenters. The van der Waals surface area contributed by atoms with Crippen LogP contribution in [0.3, 0.4) is 0 Å². The van der Waals surface area contributed by atoms with Gasteiger partial charge in [-0.25, -0.2) is 14.1 Å². The van der Waals surface area contributed by atoms with Gasteiger partial charge < -0.3 is 4.74 Å². The minimum Gasteiger partial charge on any atom is -0.484 e. The van der Waals surface area contributed by atoms with Crippen molar-refractivity contribution in [2.45, 2.75) is 13.8 Å². The van der Waals surface area contributed by atoms with Crippen LogP contribution < -0.4 is 15.6 Å². The Hall–Kier alpha value is -3.46. The molecule has 0 atom stereocenters. The lowest BCUT2D eigenvalue weighted by Crippen LogP contribution is -2.44. The first-order valence-electron chi connectivity index (χ1n) is 8.51. The fourth-order valence-electron chi connectivity index (χ4n) is 2.47. The Morgan fingerprint density at radius 3 is 2.52 bits per heavy atom. The molecule has 0 aliphatic carbocycles. The van der Waals surface area contributed by atoms with E-state index in [2.05, 4.69) is 20.9 Å². The molecule has 0 fully saturated rings. The van der Waals surface area contributed by atoms with Gasteiger partial charge in [0.2, 0.25) is 0 Å². The second-order valence-electron chi connectivity index (χ2n) is 6.08. The van der Waals surface area contributed by atoms with Gasteiger partial charge >= 0.3 is 0 Å². The number of nitrogens with one attached hydrogen (secondary N) is 2. The number of pyridine rings is 1. The van der Waals surface area contributed by atoms with Gasteiger partial charge in [0.05, 0.1) is 10.7 Å². The predicted octanol–water partition coefficient (Wildman–Crippen LogP) is 2.52. The van der Waals surface area contributed by atoms with Crippen molar-refractivity contribution in [3.05, 3.63) is 70.4 Å². The molecule has 0 aliphatic heterocycles. The van der Waals surface area contributed by atoms with Gasteiger partial charge in [-0.3, -0.25) is 20.4 Å². The molecular formula is C19H17ClFN5O3. The van der Waals surface area contributed by atoms with Crippen LogP contribution in [0.25, 0.3) is 5.82 Å². The second kappa shape index (κ2) is 8.70. The third kappa shape index (κ3) is 5.08. The quantitative estimate of drug-likeness (QED) is 0.621. The number of aromatic nitrogens is 3. The largest absolute Gasteiger partial charge is 0.484 e. The van der Waals surface area contributed by atoms with Gasteiger partial charge in [-0.15, -0.1) is 0 Å². The summed E-state index contributed by atoms with van der Waals surface area (Å²) in [7, 11) is 0. The number of rotatable bonds is 5. The van der Waals surface area contributed by atoms with E-state index in [4.69, 9.17) is 16.3 Å². The maximum Gasteiger partial charge on any atom is 0.289 e. The van der Waals surface area contributed by atoms with Crippen LogP contribution in [0.15, 0.2) is 42.5 Å². The molecule has 0 radical (unpaired) electrons. The van der Waals surface area contributed by atoms with Crippen molar-refractivity contribution in [1.29, 1.82) is 0 Å². The number of carbonyl (C=O) groups excluding carboxylic acids is 2. The average molecular weight is 418 g/mol. The van der Waals surface area contributed by atoms with Gasteiger partial charge in [0.1, 0.15) is 11.6 Å². The van der Waals surface area contributed by atoms with Crippen molar-refractivity contribution in [3.8, 4) is 11.6 Å². The zero-order valence-electron chi connectivity index (χ0n) is 15.6. The van der Waals surface area contributed by atoms with Gasteiger partial charge in [0.25, 0.3) is 11.8 Å². The zero-order valence-corrected chi connectivity index (χ0v) is 16.3. The van der Waals surface area contributed by atoms with Gasteiger partial charge in [0, 0.05) is 5.69 Å². The molecule has 0 aliphatic rings. The predicted molar refractivity (Wildman–Crippen MR) is 103 cm³/mol. The first-order chi connectivity index (χ1) is 13.8. The fraction of sp³-hybridized carbons (Fsp3) is 0.158. The maximum atomic E-state index is 12.8. The molecule has 2 N–H and O–H groups in total. The van der Waals surface area contributed by atoms with Crippen molar-refractivity contribution in [1.82, 2.24) is 25.6 Å². The van der Waals surface area contributed by atoms with Crippen LogP contribution in [0.2, 0.25) is 5.02 Å². The number of nitrogens with zero attached hydrogens (tertiary/aromatic N) is 3. The molecule has 8 nitrogen and oxygen atoms in total. The summed E-state index contributed by atoms with van der Waals surface area (Å²) in [5.74, 6) is -1.01. The molecule has 2 heterocycles. The molecule has 1 aromatic carbocycles. The van der Waals surface area contributed by atoms with E-state index in [-0.39, 0.29) is 17.3 Å². The highest BCUT2D eigenvalue weighted by Crippen LogP contribution is 2.17. The summed E-state index contributed by atoms with van der Waals surface area (Å²) in [6, 6.07) is 10.2. The number of aryl methyl sites for hydroxylation is 2. The summed E-state index contributed by atoms with van der Waals surface area (Å²) in [6.45, 7) is 3.33. The topological polar surface area (TPSA) is 98.1 Å². The Bertz CT molecular complexity index is 1050. The second-order valence-corrected chi connectivity index (χ2v) is 6.49. The normalized spacial score (nSPS) is 10.5. The van der Waals surface area contributed by atoms with Crippen molar-refractivity contribution >= 4 is 23.4 Å². The highest BCUT2D eigenvalue weighted by molar-refractivity contribution is 6.33. The Morgan fingerprint density at radius 1 is 1.14 bits per heavy atom. The Labute approximate surface area is 170 Å². The minimum absolute atomic E-state index is 0.0727. The van der Waals surface area contributed by atoms with Gasteiger partial charge in [-0.2, -0.15) is 5.10 Å². The number of ether oxygens (including phenoxy) is 1. The first-order valence-corrected chi connectivity index (χ1v) is 8.89. The molecular weight excluding hydrogens is 401 g/mol. The molecule has 0 spiro atoms. The molecule has 150 valence electrons. The fourth-order valence-corrected chi connectivity index (χ4v) is 2.66. The summed E-state index contributed by atoms with van der Waals surface area (Å²) in [4.78, 5) is 28.5. The van der Waals surface area contributed by atoms with Crippen molar-refractivity contribution in [2.24, 2.45) is 0 Å². The highest BCUT2D eigenvalue weighted by atomic mass is 35.5. The molecule has 0 bridgehead atoms. The standard InChI is InChI=1S/C19H17ClFN5O3/c1-11-9-12(2)26(25-11)16-8-7-15(20)18(22-16)19(28)24-23-17(27)10-29-14-5-3-13(21)4-6-14/h3-9H,10H2,1-2H3,(H,23,27)(H,24,28). The van der Waals surface area contributed by atoms with Crippen LogP contribution >= 0.6 is 11.6 Å². The third-order valence-electron chi connectivity index (χ3n) is 3.77. The van der Waals surface area contributed by atoms with Crippen molar-refractivity contribution < 1.29 is 18.7 Å². The third-order valence-corrected chi connectivity index (χ3v) is 4.08. The Balaban J connectivity index is 1.61. The van der Waals surface area contributed by atoms with Crippen LogP contribution in [-0.4, -0.2) is 33.2 Å². The minimum atomic E-state index is -0.700. The molecule has 2 aromatic heterocycles. The number of carbonyl (C=O) groups is 2. The molecule has 29 heavy (non-hydrogen) atoms. The van der Waals surface area contributed by atoms with Gasteiger partial charge in [0.15, 0.2) is 18.1 Å². The van der Waals surface area contributed by atoms with E-state index in [0.717, 1.165) is 11.4 Å². The van der Waals surface area contributed by atoms with Crippen LogP contribution in [0, 0.1) is 19.7 Å². The molecule has 0 saturated heterocycles. The Kier molecular flexibility index (Phi) is 6.08. The SMILES string of the molecule is Cc1cc(C)n(-c2ccc(Cl)c(C(=O)NNC(=O)COc3ccc(F)cc3)n2)n1. The summed E-state index contributed by atoms with van der Waals surface area (Å²) in [6.07, 6.45) is 0. The van der Waals surface area contributed by atoms with Crippen LogP contribution in [0.4, 0.5) is 4.39 Å². The number of hydrogen-bond donors (Lipinski definition) is 2. The summed E-state index contributed by atoms with van der Waals surface area (Å²) in [5, 5.41) is 4.43. The van der Waals surface area contributed by atoms with E-state index in [9.17, 15) is 14.0 Å². The van der Waals surface area contributed by atoms with Crippen LogP contribution in [-0.2, 0) is 4.79 Å². The summed E-state index contributed by atoms with van der Waals surface area (Å²) < 4.78 is 19.6. The molecule has 0 saturated carbocycles. The molecule has 10 heteroatoms. The summed E-state index contributed by atoms with van der Waals surface area (Å²) >= 11 is 6.07. The van der Waals surface area contributed by atoms with E-state index in [0.29, 0.717) is 11.6 Å².